The standard InChI is InChI=1S/C17H25NO2/c1-3-13-8-10-14(11-9-13)16(17(19)20)18-12-6-5-7-15(18)4-2/h8-11,15-16H,3-7,12H2,1-2H3,(H,19,20). The number of carboxylic acids is 1. The summed E-state index contributed by atoms with van der Waals surface area (Å²) >= 11 is 0. The minimum atomic E-state index is -0.727. The van der Waals surface area contributed by atoms with E-state index in [1.165, 1.54) is 12.0 Å². The van der Waals surface area contributed by atoms with Gasteiger partial charge in [0.15, 0.2) is 0 Å². The summed E-state index contributed by atoms with van der Waals surface area (Å²) in [5.41, 5.74) is 2.17. The summed E-state index contributed by atoms with van der Waals surface area (Å²) < 4.78 is 0. The number of benzene rings is 1. The molecule has 1 N–H and O–H groups in total. The van der Waals surface area contributed by atoms with Gasteiger partial charge in [0.25, 0.3) is 0 Å². The van der Waals surface area contributed by atoms with Crippen molar-refractivity contribution in [3.63, 3.8) is 0 Å². The molecule has 1 aromatic carbocycles. The summed E-state index contributed by atoms with van der Waals surface area (Å²) in [5, 5.41) is 9.68. The van der Waals surface area contributed by atoms with E-state index in [2.05, 4.69) is 30.9 Å². The molecule has 0 amide bonds. The Morgan fingerprint density at radius 1 is 1.30 bits per heavy atom. The molecular weight excluding hydrogens is 250 g/mol. The topological polar surface area (TPSA) is 40.5 Å². The van der Waals surface area contributed by atoms with Crippen molar-refractivity contribution in [3.8, 4) is 0 Å². The molecule has 1 saturated heterocycles. The third-order valence-electron chi connectivity index (χ3n) is 4.41. The molecule has 2 rings (SSSR count). The lowest BCUT2D eigenvalue weighted by Crippen LogP contribution is -2.44. The van der Waals surface area contributed by atoms with Gasteiger partial charge in [-0.15, -0.1) is 0 Å². The van der Waals surface area contributed by atoms with Crippen molar-refractivity contribution in [2.75, 3.05) is 6.54 Å². The summed E-state index contributed by atoms with van der Waals surface area (Å²) in [5.74, 6) is -0.727. The molecule has 0 spiro atoms. The molecule has 1 heterocycles. The van der Waals surface area contributed by atoms with Gasteiger partial charge in [0.1, 0.15) is 6.04 Å². The third kappa shape index (κ3) is 3.21. The van der Waals surface area contributed by atoms with Crippen LogP contribution in [-0.4, -0.2) is 28.6 Å². The van der Waals surface area contributed by atoms with Crippen LogP contribution in [0.25, 0.3) is 0 Å². The van der Waals surface area contributed by atoms with E-state index < -0.39 is 12.0 Å². The Balaban J connectivity index is 2.27. The smallest absolute Gasteiger partial charge is 0.325 e. The summed E-state index contributed by atoms with van der Waals surface area (Å²) in [7, 11) is 0. The van der Waals surface area contributed by atoms with Crippen LogP contribution in [0.5, 0.6) is 0 Å². The molecule has 110 valence electrons. The first-order valence-electron chi connectivity index (χ1n) is 7.74. The largest absolute Gasteiger partial charge is 0.480 e. The van der Waals surface area contributed by atoms with Gasteiger partial charge in [0.05, 0.1) is 0 Å². The fraction of sp³-hybridized carbons (Fsp3) is 0.588. The fourth-order valence-electron chi connectivity index (χ4n) is 3.21. The highest BCUT2D eigenvalue weighted by Crippen LogP contribution is 2.30. The highest BCUT2D eigenvalue weighted by molar-refractivity contribution is 5.75. The van der Waals surface area contributed by atoms with E-state index in [9.17, 15) is 9.90 Å². The summed E-state index contributed by atoms with van der Waals surface area (Å²) in [6, 6.07) is 7.98. The van der Waals surface area contributed by atoms with E-state index in [-0.39, 0.29) is 0 Å². The van der Waals surface area contributed by atoms with Gasteiger partial charge in [-0.05, 0) is 43.4 Å². The number of likely N-dealkylation sites (tertiary alicyclic amines) is 1. The third-order valence-corrected chi connectivity index (χ3v) is 4.41. The molecule has 1 fully saturated rings. The van der Waals surface area contributed by atoms with Crippen LogP contribution in [-0.2, 0) is 11.2 Å². The molecule has 0 aromatic heterocycles. The second-order valence-electron chi connectivity index (χ2n) is 5.63. The van der Waals surface area contributed by atoms with Gasteiger partial charge in [0, 0.05) is 6.04 Å². The normalized spacial score (nSPS) is 21.6. The monoisotopic (exact) mass is 275 g/mol. The van der Waals surface area contributed by atoms with Crippen LogP contribution in [0.2, 0.25) is 0 Å². The van der Waals surface area contributed by atoms with Gasteiger partial charge in [-0.2, -0.15) is 0 Å². The molecule has 2 unspecified atom stereocenters. The number of rotatable bonds is 5. The summed E-state index contributed by atoms with van der Waals surface area (Å²) in [6.07, 6.45) is 5.45. The lowest BCUT2D eigenvalue weighted by atomic mass is 9.94. The first-order valence-corrected chi connectivity index (χ1v) is 7.74. The maximum atomic E-state index is 11.8. The number of aryl methyl sites for hydroxylation is 1. The molecule has 3 heteroatoms. The van der Waals surface area contributed by atoms with Crippen molar-refractivity contribution in [2.45, 2.75) is 58.0 Å². The maximum absolute atomic E-state index is 11.8. The van der Waals surface area contributed by atoms with Crippen LogP contribution in [0.1, 0.15) is 56.7 Å². The SMILES string of the molecule is CCc1ccc(C(C(=O)O)N2CCCCC2CC)cc1. The molecule has 1 aliphatic heterocycles. The predicted molar refractivity (Wildman–Crippen MR) is 80.8 cm³/mol. The summed E-state index contributed by atoms with van der Waals surface area (Å²) in [4.78, 5) is 14.0. The Hall–Kier alpha value is -1.35. The van der Waals surface area contributed by atoms with Crippen molar-refractivity contribution in [2.24, 2.45) is 0 Å². The predicted octanol–water partition coefficient (Wildman–Crippen LogP) is 3.64. The van der Waals surface area contributed by atoms with E-state index in [0.29, 0.717) is 6.04 Å². The maximum Gasteiger partial charge on any atom is 0.325 e. The number of carboxylic acid groups (broad SMARTS) is 1. The number of nitrogens with zero attached hydrogens (tertiary/aromatic N) is 1. The first-order chi connectivity index (χ1) is 9.67. The van der Waals surface area contributed by atoms with Crippen LogP contribution >= 0.6 is 0 Å². The Morgan fingerprint density at radius 2 is 2.00 bits per heavy atom. The van der Waals surface area contributed by atoms with Gasteiger partial charge in [-0.3, -0.25) is 9.69 Å². The van der Waals surface area contributed by atoms with Gasteiger partial charge >= 0.3 is 5.97 Å². The molecule has 2 atom stereocenters. The average molecular weight is 275 g/mol. The van der Waals surface area contributed by atoms with E-state index in [4.69, 9.17) is 0 Å². The lowest BCUT2D eigenvalue weighted by molar-refractivity contribution is -0.145. The van der Waals surface area contributed by atoms with Crippen LogP contribution in [0, 0.1) is 0 Å². The zero-order valence-corrected chi connectivity index (χ0v) is 12.5. The Kier molecular flexibility index (Phi) is 5.18. The average Bonchev–Trinajstić information content (AvgIpc) is 2.48. The fourth-order valence-corrected chi connectivity index (χ4v) is 3.21. The van der Waals surface area contributed by atoms with Crippen molar-refractivity contribution < 1.29 is 9.90 Å². The molecule has 1 aromatic rings. The quantitative estimate of drug-likeness (QED) is 0.892. The van der Waals surface area contributed by atoms with E-state index in [1.807, 2.05) is 12.1 Å². The number of hydrogen-bond donors (Lipinski definition) is 1. The molecular formula is C17H25NO2. The van der Waals surface area contributed by atoms with Gasteiger partial charge in [-0.25, -0.2) is 0 Å². The highest BCUT2D eigenvalue weighted by Gasteiger charge is 2.33. The number of hydrogen-bond acceptors (Lipinski definition) is 2. The number of carbonyl (C=O) groups is 1. The Morgan fingerprint density at radius 3 is 2.55 bits per heavy atom. The zero-order valence-electron chi connectivity index (χ0n) is 12.5. The molecule has 20 heavy (non-hydrogen) atoms. The van der Waals surface area contributed by atoms with Crippen molar-refractivity contribution >= 4 is 5.97 Å². The van der Waals surface area contributed by atoms with Crippen molar-refractivity contribution in [1.82, 2.24) is 4.90 Å². The van der Waals surface area contributed by atoms with Crippen molar-refractivity contribution in [1.29, 1.82) is 0 Å². The molecule has 0 radical (unpaired) electrons. The van der Waals surface area contributed by atoms with Gasteiger partial charge in [0.2, 0.25) is 0 Å². The lowest BCUT2D eigenvalue weighted by Gasteiger charge is -2.39. The molecule has 0 aliphatic carbocycles. The molecule has 1 aliphatic rings. The number of aliphatic carboxylic acids is 1. The number of piperidine rings is 1. The molecule has 3 nitrogen and oxygen atoms in total. The Labute approximate surface area is 121 Å². The van der Waals surface area contributed by atoms with Crippen LogP contribution in [0.4, 0.5) is 0 Å². The molecule has 0 saturated carbocycles. The Bertz CT molecular complexity index is 441. The molecule has 0 bridgehead atoms. The van der Waals surface area contributed by atoms with E-state index >= 15 is 0 Å². The van der Waals surface area contributed by atoms with Gasteiger partial charge in [-0.1, -0.05) is 44.5 Å². The highest BCUT2D eigenvalue weighted by atomic mass is 16.4. The minimum absolute atomic E-state index is 0.399. The van der Waals surface area contributed by atoms with E-state index in [1.54, 1.807) is 0 Å². The second kappa shape index (κ2) is 6.89. The zero-order chi connectivity index (χ0) is 14.5. The summed E-state index contributed by atoms with van der Waals surface area (Å²) in [6.45, 7) is 5.16. The van der Waals surface area contributed by atoms with E-state index in [0.717, 1.165) is 37.8 Å². The first kappa shape index (κ1) is 15.0. The van der Waals surface area contributed by atoms with Crippen LogP contribution in [0.15, 0.2) is 24.3 Å². The van der Waals surface area contributed by atoms with Crippen molar-refractivity contribution in [3.05, 3.63) is 35.4 Å². The van der Waals surface area contributed by atoms with Gasteiger partial charge < -0.3 is 5.11 Å². The van der Waals surface area contributed by atoms with Crippen LogP contribution < -0.4 is 0 Å². The minimum Gasteiger partial charge on any atom is -0.480 e. The second-order valence-corrected chi connectivity index (χ2v) is 5.63. The van der Waals surface area contributed by atoms with Crippen LogP contribution in [0.3, 0.4) is 0 Å².